The number of likely N-dealkylation sites (tertiary alicyclic amines) is 1. The topological polar surface area (TPSA) is 44.8 Å². The molecule has 2 heterocycles. The van der Waals surface area contributed by atoms with E-state index in [1.165, 1.54) is 25.7 Å². The van der Waals surface area contributed by atoms with Crippen molar-refractivity contribution in [3.8, 4) is 0 Å². The van der Waals surface area contributed by atoms with Crippen LogP contribution in [0.25, 0.3) is 0 Å². The number of rotatable bonds is 5. The van der Waals surface area contributed by atoms with Gasteiger partial charge in [-0.3, -0.25) is 9.69 Å². The molecule has 2 aliphatic heterocycles. The Hall–Kier alpha value is -0.0700. The number of amides is 1. The summed E-state index contributed by atoms with van der Waals surface area (Å²) in [6.07, 6.45) is 7.95. The van der Waals surface area contributed by atoms with Crippen molar-refractivity contribution in [2.75, 3.05) is 53.0 Å². The molecule has 148 valence electrons. The first-order valence-corrected chi connectivity index (χ1v) is 9.49. The largest absolute Gasteiger partial charge is 0.379 e. The molecule has 7 heteroatoms. The molecule has 0 unspecified atom stereocenters. The van der Waals surface area contributed by atoms with Crippen molar-refractivity contribution in [3.63, 3.8) is 0 Å². The summed E-state index contributed by atoms with van der Waals surface area (Å²) in [6, 6.07) is 0. The molecule has 0 radical (unpaired) electrons. The molecular formula is C18H35Cl2N3O2. The molecule has 0 atom stereocenters. The second kappa shape index (κ2) is 10.9. The number of hydrogen-bond acceptors (Lipinski definition) is 4. The van der Waals surface area contributed by atoms with Crippen LogP contribution >= 0.6 is 24.8 Å². The molecule has 25 heavy (non-hydrogen) atoms. The third-order valence-corrected chi connectivity index (χ3v) is 6.16. The minimum atomic E-state index is 0. The minimum Gasteiger partial charge on any atom is -0.379 e. The Morgan fingerprint density at radius 3 is 2.24 bits per heavy atom. The predicted octanol–water partition coefficient (Wildman–Crippen LogP) is 2.32. The zero-order valence-corrected chi connectivity index (χ0v) is 17.1. The minimum absolute atomic E-state index is 0. The first-order valence-electron chi connectivity index (χ1n) is 9.49. The molecule has 0 aromatic rings. The molecule has 1 aliphatic carbocycles. The Morgan fingerprint density at radius 1 is 1.08 bits per heavy atom. The van der Waals surface area contributed by atoms with Crippen molar-refractivity contribution >= 4 is 30.7 Å². The number of carbonyl (C=O) groups is 1. The Morgan fingerprint density at radius 2 is 1.68 bits per heavy atom. The van der Waals surface area contributed by atoms with E-state index in [1.807, 2.05) is 7.05 Å². The van der Waals surface area contributed by atoms with Crippen LogP contribution in [-0.2, 0) is 9.53 Å². The number of nitrogens with one attached hydrogen (secondary N) is 1. The maximum Gasteiger partial charge on any atom is 0.224 e. The van der Waals surface area contributed by atoms with Gasteiger partial charge in [0.15, 0.2) is 0 Å². The fourth-order valence-corrected chi connectivity index (χ4v) is 4.74. The van der Waals surface area contributed by atoms with Crippen molar-refractivity contribution in [1.29, 1.82) is 0 Å². The summed E-state index contributed by atoms with van der Waals surface area (Å²) in [6.45, 7) is 6.63. The number of carbonyl (C=O) groups excluding carboxylic acids is 1. The number of piperidine rings is 1. The highest BCUT2D eigenvalue weighted by atomic mass is 35.5. The third kappa shape index (κ3) is 5.70. The molecule has 0 bridgehead atoms. The van der Waals surface area contributed by atoms with Gasteiger partial charge in [-0.05, 0) is 45.2 Å². The normalized spacial score (nSPS) is 24.4. The first kappa shape index (κ1) is 23.0. The van der Waals surface area contributed by atoms with E-state index in [4.69, 9.17) is 4.74 Å². The van der Waals surface area contributed by atoms with Gasteiger partial charge in [-0.15, -0.1) is 24.8 Å². The van der Waals surface area contributed by atoms with Gasteiger partial charge in [-0.25, -0.2) is 0 Å². The lowest BCUT2D eigenvalue weighted by molar-refractivity contribution is -0.137. The molecule has 3 aliphatic rings. The zero-order valence-electron chi connectivity index (χ0n) is 15.5. The average molecular weight is 396 g/mol. The number of halogens is 2. The number of hydrogen-bond donors (Lipinski definition) is 1. The summed E-state index contributed by atoms with van der Waals surface area (Å²) in [5.74, 6) is 1.13. The molecule has 2 saturated heterocycles. The fourth-order valence-electron chi connectivity index (χ4n) is 4.74. The molecule has 5 nitrogen and oxygen atoms in total. The quantitative estimate of drug-likeness (QED) is 0.775. The second-order valence-electron chi connectivity index (χ2n) is 7.59. The molecule has 1 saturated carbocycles. The lowest BCUT2D eigenvalue weighted by Gasteiger charge is -2.44. The number of morpholine rings is 1. The van der Waals surface area contributed by atoms with Crippen LogP contribution in [-0.4, -0.2) is 74.2 Å². The second-order valence-corrected chi connectivity index (χ2v) is 7.59. The van der Waals surface area contributed by atoms with Crippen LogP contribution in [0.4, 0.5) is 0 Å². The summed E-state index contributed by atoms with van der Waals surface area (Å²) < 4.78 is 5.52. The van der Waals surface area contributed by atoms with E-state index in [9.17, 15) is 4.79 Å². The van der Waals surface area contributed by atoms with Gasteiger partial charge in [-0.2, -0.15) is 0 Å². The van der Waals surface area contributed by atoms with Crippen LogP contribution < -0.4 is 5.32 Å². The number of nitrogens with zero attached hydrogens (tertiary/aromatic N) is 2. The maximum absolute atomic E-state index is 12.9. The smallest absolute Gasteiger partial charge is 0.224 e. The summed E-state index contributed by atoms with van der Waals surface area (Å²) in [4.78, 5) is 17.6. The first-order chi connectivity index (χ1) is 11.2. The van der Waals surface area contributed by atoms with Crippen LogP contribution in [0.15, 0.2) is 0 Å². The molecular weight excluding hydrogens is 361 g/mol. The van der Waals surface area contributed by atoms with Crippen LogP contribution in [0.2, 0.25) is 0 Å². The molecule has 3 rings (SSSR count). The standard InChI is InChI=1S/C18H33N3O2.2ClH/c1-19-15-16-4-8-20(9-5-16)17(22)14-18(6-2-3-7-18)21-10-12-23-13-11-21;;/h16,19H,2-15H2,1H3;2*1H. The summed E-state index contributed by atoms with van der Waals surface area (Å²) in [5, 5.41) is 3.27. The third-order valence-electron chi connectivity index (χ3n) is 6.16. The SMILES string of the molecule is CNCC1CCN(C(=O)CC2(N3CCOCC3)CCCC2)CC1.Cl.Cl. The molecule has 1 amide bonds. The van der Waals surface area contributed by atoms with E-state index >= 15 is 0 Å². The Kier molecular flexibility index (Phi) is 10.0. The van der Waals surface area contributed by atoms with Gasteiger partial charge in [0.2, 0.25) is 5.91 Å². The average Bonchev–Trinajstić information content (AvgIpc) is 3.06. The highest BCUT2D eigenvalue weighted by molar-refractivity contribution is 5.85. The highest BCUT2D eigenvalue weighted by Crippen LogP contribution is 2.39. The van der Waals surface area contributed by atoms with Crippen LogP contribution in [0.1, 0.15) is 44.9 Å². The summed E-state index contributed by atoms with van der Waals surface area (Å²) >= 11 is 0. The van der Waals surface area contributed by atoms with Gasteiger partial charge in [0, 0.05) is 38.1 Å². The van der Waals surface area contributed by atoms with Gasteiger partial charge in [0.1, 0.15) is 0 Å². The lowest BCUT2D eigenvalue weighted by Crippen LogP contribution is -2.54. The van der Waals surface area contributed by atoms with Crippen molar-refractivity contribution < 1.29 is 9.53 Å². The van der Waals surface area contributed by atoms with Crippen LogP contribution in [0, 0.1) is 5.92 Å². The monoisotopic (exact) mass is 395 g/mol. The molecule has 0 aromatic heterocycles. The van der Waals surface area contributed by atoms with Gasteiger partial charge in [0.25, 0.3) is 0 Å². The van der Waals surface area contributed by atoms with Crippen LogP contribution in [0.5, 0.6) is 0 Å². The van der Waals surface area contributed by atoms with Gasteiger partial charge in [0.05, 0.1) is 13.2 Å². The zero-order chi connectivity index (χ0) is 16.1. The van der Waals surface area contributed by atoms with E-state index in [2.05, 4.69) is 15.1 Å². The lowest BCUT2D eigenvalue weighted by atomic mass is 9.88. The van der Waals surface area contributed by atoms with Crippen molar-refractivity contribution in [1.82, 2.24) is 15.1 Å². The molecule has 1 N–H and O–H groups in total. The molecule has 0 spiro atoms. The van der Waals surface area contributed by atoms with E-state index in [0.29, 0.717) is 5.91 Å². The van der Waals surface area contributed by atoms with Gasteiger partial charge in [-0.1, -0.05) is 12.8 Å². The van der Waals surface area contributed by atoms with E-state index in [1.54, 1.807) is 0 Å². The van der Waals surface area contributed by atoms with Crippen LogP contribution in [0.3, 0.4) is 0 Å². The fraction of sp³-hybridized carbons (Fsp3) is 0.944. The Balaban J connectivity index is 0.00000156. The van der Waals surface area contributed by atoms with E-state index < -0.39 is 0 Å². The van der Waals surface area contributed by atoms with Crippen molar-refractivity contribution in [3.05, 3.63) is 0 Å². The van der Waals surface area contributed by atoms with Crippen molar-refractivity contribution in [2.45, 2.75) is 50.5 Å². The highest BCUT2D eigenvalue weighted by Gasteiger charge is 2.42. The van der Waals surface area contributed by atoms with E-state index in [-0.39, 0.29) is 30.4 Å². The predicted molar refractivity (Wildman–Crippen MR) is 106 cm³/mol. The Bertz CT molecular complexity index is 392. The molecule has 3 fully saturated rings. The Labute approximate surface area is 165 Å². The van der Waals surface area contributed by atoms with Gasteiger partial charge < -0.3 is 15.0 Å². The maximum atomic E-state index is 12.9. The summed E-state index contributed by atoms with van der Waals surface area (Å²) in [5.41, 5.74) is 0.128. The molecule has 0 aromatic carbocycles. The van der Waals surface area contributed by atoms with E-state index in [0.717, 1.165) is 71.1 Å². The number of ether oxygens (including phenoxy) is 1. The summed E-state index contributed by atoms with van der Waals surface area (Å²) in [7, 11) is 2.02. The van der Waals surface area contributed by atoms with Crippen molar-refractivity contribution in [2.24, 2.45) is 5.92 Å². The van der Waals surface area contributed by atoms with Gasteiger partial charge >= 0.3 is 0 Å².